The summed E-state index contributed by atoms with van der Waals surface area (Å²) >= 11 is 0. The van der Waals surface area contributed by atoms with Crippen LogP contribution in [0.1, 0.15) is 64.2 Å². The standard InChI is InChI=1S/C17H28O4/c1-2-3-4-5-6-7-8-9-10-11-12-13-15(17(20)21)14-16(18)19/h2,11-12,15H,1,3-10,13-14H2,(H,18,19)(H,20,21)/b12-11+. The molecule has 0 saturated heterocycles. The molecule has 0 saturated carbocycles. The second kappa shape index (κ2) is 13.4. The second-order valence-corrected chi connectivity index (χ2v) is 5.33. The molecule has 0 aliphatic heterocycles. The molecule has 0 radical (unpaired) electrons. The summed E-state index contributed by atoms with van der Waals surface area (Å²) in [5.41, 5.74) is 0. The molecular weight excluding hydrogens is 268 g/mol. The smallest absolute Gasteiger partial charge is 0.307 e. The van der Waals surface area contributed by atoms with Gasteiger partial charge in [-0.25, -0.2) is 0 Å². The van der Waals surface area contributed by atoms with E-state index < -0.39 is 17.9 Å². The molecule has 21 heavy (non-hydrogen) atoms. The summed E-state index contributed by atoms with van der Waals surface area (Å²) in [4.78, 5) is 21.4. The van der Waals surface area contributed by atoms with Gasteiger partial charge in [0.15, 0.2) is 0 Å². The van der Waals surface area contributed by atoms with Crippen molar-refractivity contribution in [3.8, 4) is 0 Å². The summed E-state index contributed by atoms with van der Waals surface area (Å²) in [6, 6.07) is 0. The number of carbonyl (C=O) groups is 2. The molecule has 0 aromatic heterocycles. The quantitative estimate of drug-likeness (QED) is 0.367. The van der Waals surface area contributed by atoms with E-state index >= 15 is 0 Å². The van der Waals surface area contributed by atoms with Crippen LogP contribution in [0, 0.1) is 5.92 Å². The molecule has 0 spiro atoms. The largest absolute Gasteiger partial charge is 0.481 e. The number of carboxylic acid groups (broad SMARTS) is 2. The van der Waals surface area contributed by atoms with Crippen molar-refractivity contribution in [3.63, 3.8) is 0 Å². The first-order valence-corrected chi connectivity index (χ1v) is 7.78. The van der Waals surface area contributed by atoms with Crippen molar-refractivity contribution in [1.82, 2.24) is 0 Å². The van der Waals surface area contributed by atoms with Gasteiger partial charge in [0, 0.05) is 0 Å². The molecule has 0 aromatic rings. The van der Waals surface area contributed by atoms with Crippen LogP contribution in [0.2, 0.25) is 0 Å². The first-order valence-electron chi connectivity index (χ1n) is 7.78. The Labute approximate surface area is 127 Å². The lowest BCUT2D eigenvalue weighted by molar-refractivity contribution is -0.148. The van der Waals surface area contributed by atoms with Gasteiger partial charge < -0.3 is 10.2 Å². The first-order chi connectivity index (χ1) is 10.1. The molecule has 4 heteroatoms. The van der Waals surface area contributed by atoms with E-state index in [-0.39, 0.29) is 6.42 Å². The van der Waals surface area contributed by atoms with Gasteiger partial charge in [-0.15, -0.1) is 6.58 Å². The van der Waals surface area contributed by atoms with Crippen LogP contribution in [-0.2, 0) is 9.59 Å². The maximum Gasteiger partial charge on any atom is 0.307 e. The number of rotatable bonds is 14. The van der Waals surface area contributed by atoms with Gasteiger partial charge in [0.25, 0.3) is 0 Å². The Hall–Kier alpha value is -1.58. The van der Waals surface area contributed by atoms with E-state index in [2.05, 4.69) is 6.58 Å². The lowest BCUT2D eigenvalue weighted by Gasteiger charge is -2.05. The Balaban J connectivity index is 3.56. The van der Waals surface area contributed by atoms with E-state index in [0.29, 0.717) is 6.42 Å². The average Bonchev–Trinajstić information content (AvgIpc) is 2.42. The molecule has 0 fully saturated rings. The van der Waals surface area contributed by atoms with Gasteiger partial charge in [0.1, 0.15) is 0 Å². The van der Waals surface area contributed by atoms with E-state index in [9.17, 15) is 9.59 Å². The van der Waals surface area contributed by atoms with Crippen LogP contribution in [0.5, 0.6) is 0 Å². The summed E-state index contributed by atoms with van der Waals surface area (Å²) in [7, 11) is 0. The first kappa shape index (κ1) is 19.4. The van der Waals surface area contributed by atoms with Gasteiger partial charge in [0.2, 0.25) is 0 Å². The SMILES string of the molecule is C=CCCCCCCCC/C=C/CC(CC(=O)O)C(=O)O. The number of allylic oxidation sites excluding steroid dienone is 3. The summed E-state index contributed by atoms with van der Waals surface area (Å²) in [5, 5.41) is 17.5. The van der Waals surface area contributed by atoms with Gasteiger partial charge >= 0.3 is 11.9 Å². The van der Waals surface area contributed by atoms with E-state index in [1.807, 2.05) is 12.2 Å². The summed E-state index contributed by atoms with van der Waals surface area (Å²) in [5.74, 6) is -2.92. The lowest BCUT2D eigenvalue weighted by atomic mass is 10.0. The monoisotopic (exact) mass is 296 g/mol. The molecule has 0 bridgehead atoms. The molecule has 120 valence electrons. The van der Waals surface area contributed by atoms with Crippen molar-refractivity contribution in [2.75, 3.05) is 0 Å². The van der Waals surface area contributed by atoms with E-state index in [0.717, 1.165) is 19.3 Å². The van der Waals surface area contributed by atoms with Crippen molar-refractivity contribution in [2.24, 2.45) is 5.92 Å². The summed E-state index contributed by atoms with van der Waals surface area (Å²) in [6.07, 6.45) is 15.0. The number of hydrogen-bond donors (Lipinski definition) is 2. The van der Waals surface area contributed by atoms with Crippen molar-refractivity contribution >= 4 is 11.9 Å². The fraction of sp³-hybridized carbons (Fsp3) is 0.647. The number of unbranched alkanes of at least 4 members (excludes halogenated alkanes) is 7. The third-order valence-electron chi connectivity index (χ3n) is 3.39. The molecule has 0 amide bonds. The summed E-state index contributed by atoms with van der Waals surface area (Å²) in [6.45, 7) is 3.70. The average molecular weight is 296 g/mol. The van der Waals surface area contributed by atoms with E-state index in [1.165, 1.54) is 32.1 Å². The molecular formula is C17H28O4. The number of carboxylic acids is 2. The lowest BCUT2D eigenvalue weighted by Crippen LogP contribution is -2.16. The normalized spacial score (nSPS) is 12.4. The number of aliphatic carboxylic acids is 2. The van der Waals surface area contributed by atoms with Crippen LogP contribution in [0.15, 0.2) is 24.8 Å². The third-order valence-corrected chi connectivity index (χ3v) is 3.39. The van der Waals surface area contributed by atoms with Gasteiger partial charge in [0.05, 0.1) is 12.3 Å². The third kappa shape index (κ3) is 13.2. The predicted octanol–water partition coefficient (Wildman–Crippen LogP) is 4.42. The Morgan fingerprint density at radius 3 is 2.00 bits per heavy atom. The molecule has 0 rings (SSSR count). The van der Waals surface area contributed by atoms with Crippen molar-refractivity contribution in [1.29, 1.82) is 0 Å². The van der Waals surface area contributed by atoms with Crippen LogP contribution in [0.4, 0.5) is 0 Å². The topological polar surface area (TPSA) is 74.6 Å². The molecule has 0 aliphatic carbocycles. The fourth-order valence-corrected chi connectivity index (χ4v) is 2.12. The van der Waals surface area contributed by atoms with E-state index in [4.69, 9.17) is 10.2 Å². The minimum absolute atomic E-state index is 0.295. The fourth-order valence-electron chi connectivity index (χ4n) is 2.12. The molecule has 0 aromatic carbocycles. The van der Waals surface area contributed by atoms with Crippen LogP contribution in [0.3, 0.4) is 0 Å². The zero-order chi connectivity index (χ0) is 15.9. The van der Waals surface area contributed by atoms with E-state index in [1.54, 1.807) is 6.08 Å². The van der Waals surface area contributed by atoms with Crippen molar-refractivity contribution in [2.45, 2.75) is 64.2 Å². The number of hydrogen-bond acceptors (Lipinski definition) is 2. The molecule has 1 atom stereocenters. The maximum atomic E-state index is 10.8. The second-order valence-electron chi connectivity index (χ2n) is 5.33. The van der Waals surface area contributed by atoms with Gasteiger partial charge in [-0.05, 0) is 32.1 Å². The highest BCUT2D eigenvalue weighted by atomic mass is 16.4. The molecule has 0 heterocycles. The Morgan fingerprint density at radius 2 is 1.48 bits per heavy atom. The maximum absolute atomic E-state index is 10.8. The highest BCUT2D eigenvalue weighted by Gasteiger charge is 2.18. The highest BCUT2D eigenvalue weighted by Crippen LogP contribution is 2.12. The zero-order valence-corrected chi connectivity index (χ0v) is 12.8. The van der Waals surface area contributed by atoms with Gasteiger partial charge in [-0.3, -0.25) is 9.59 Å². The van der Waals surface area contributed by atoms with Crippen molar-refractivity contribution < 1.29 is 19.8 Å². The van der Waals surface area contributed by atoms with Crippen molar-refractivity contribution in [3.05, 3.63) is 24.8 Å². The Bertz CT molecular complexity index is 334. The summed E-state index contributed by atoms with van der Waals surface area (Å²) < 4.78 is 0. The molecule has 4 nitrogen and oxygen atoms in total. The zero-order valence-electron chi connectivity index (χ0n) is 12.8. The predicted molar refractivity (Wildman–Crippen MR) is 84.3 cm³/mol. The van der Waals surface area contributed by atoms with Gasteiger partial charge in [-0.2, -0.15) is 0 Å². The Kier molecular flexibility index (Phi) is 12.4. The molecule has 0 aliphatic rings. The highest BCUT2D eigenvalue weighted by molar-refractivity contribution is 5.77. The Morgan fingerprint density at radius 1 is 0.905 bits per heavy atom. The minimum Gasteiger partial charge on any atom is -0.481 e. The van der Waals surface area contributed by atoms with Crippen LogP contribution >= 0.6 is 0 Å². The van der Waals surface area contributed by atoms with Crippen LogP contribution < -0.4 is 0 Å². The van der Waals surface area contributed by atoms with Crippen LogP contribution in [-0.4, -0.2) is 22.2 Å². The molecule has 1 unspecified atom stereocenters. The minimum atomic E-state index is -1.06. The van der Waals surface area contributed by atoms with Crippen LogP contribution in [0.25, 0.3) is 0 Å². The van der Waals surface area contributed by atoms with Gasteiger partial charge in [-0.1, -0.05) is 43.9 Å². The molecule has 2 N–H and O–H groups in total.